The van der Waals surface area contributed by atoms with Gasteiger partial charge >= 0.3 is 0 Å². The van der Waals surface area contributed by atoms with Crippen molar-refractivity contribution in [2.75, 3.05) is 11.4 Å². The van der Waals surface area contributed by atoms with Crippen LogP contribution >= 0.6 is 0 Å². The van der Waals surface area contributed by atoms with Crippen LogP contribution in [0.2, 0.25) is 0 Å². The monoisotopic (exact) mass is 401 g/mol. The molecule has 3 nitrogen and oxygen atoms in total. The van der Waals surface area contributed by atoms with Gasteiger partial charge in [0, 0.05) is 11.3 Å². The number of para-hydroxylation sites is 1. The molecular weight excluding hydrogens is 378 g/mol. The normalized spacial score (nSPS) is 13.5. The minimum atomic E-state index is 0.673. The predicted octanol–water partition coefficient (Wildman–Crippen LogP) is 6.33. The average Bonchev–Trinajstić information content (AvgIpc) is 2.85. The van der Waals surface area contributed by atoms with Crippen LogP contribution in [0.25, 0.3) is 11.1 Å². The van der Waals surface area contributed by atoms with E-state index >= 15 is 0 Å². The van der Waals surface area contributed by atoms with Gasteiger partial charge in [-0.2, -0.15) is 5.10 Å². The molecule has 3 heteroatoms. The first-order chi connectivity index (χ1) is 15.3. The van der Waals surface area contributed by atoms with Crippen LogP contribution in [0, 0.1) is 6.92 Å². The molecule has 0 amide bonds. The summed E-state index contributed by atoms with van der Waals surface area (Å²) in [6.45, 7) is 2.77. The Labute approximate surface area is 183 Å². The number of nitrogens with zero attached hydrogens (tertiary/aromatic N) is 3. The topological polar surface area (TPSA) is 28.0 Å². The zero-order valence-electron chi connectivity index (χ0n) is 17.4. The highest BCUT2D eigenvalue weighted by Crippen LogP contribution is 2.24. The molecule has 0 aromatic heterocycles. The third-order valence-electron chi connectivity index (χ3n) is 5.53. The molecule has 0 saturated heterocycles. The number of aryl methyl sites for hydroxylation is 1. The van der Waals surface area contributed by atoms with E-state index in [9.17, 15) is 0 Å². The van der Waals surface area contributed by atoms with Gasteiger partial charge < -0.3 is 4.90 Å². The molecule has 5 rings (SSSR count). The van der Waals surface area contributed by atoms with Crippen molar-refractivity contribution >= 4 is 17.2 Å². The van der Waals surface area contributed by atoms with E-state index in [1.165, 1.54) is 16.7 Å². The molecular formula is C28H23N3. The van der Waals surface area contributed by atoms with Crippen molar-refractivity contribution in [1.82, 2.24) is 0 Å². The van der Waals surface area contributed by atoms with Gasteiger partial charge in [0.1, 0.15) is 0 Å². The first kappa shape index (κ1) is 19.0. The molecule has 150 valence electrons. The second-order valence-electron chi connectivity index (χ2n) is 7.70. The molecule has 0 N–H and O–H groups in total. The largest absolute Gasteiger partial charge is 0.318 e. The van der Waals surface area contributed by atoms with Crippen LogP contribution in [-0.2, 0) is 0 Å². The van der Waals surface area contributed by atoms with Gasteiger partial charge in [-0.05, 0) is 35.7 Å². The summed E-state index contributed by atoms with van der Waals surface area (Å²) in [5, 5.41) is 9.28. The van der Waals surface area contributed by atoms with E-state index in [0.29, 0.717) is 6.54 Å². The number of rotatable bonds is 4. The fraction of sp³-hybridized carbons (Fsp3) is 0.0714. The van der Waals surface area contributed by atoms with E-state index in [1.54, 1.807) is 0 Å². The van der Waals surface area contributed by atoms with Crippen molar-refractivity contribution in [3.05, 3.63) is 126 Å². The summed E-state index contributed by atoms with van der Waals surface area (Å²) >= 11 is 0. The second-order valence-corrected chi connectivity index (χ2v) is 7.70. The third kappa shape index (κ3) is 4.03. The summed E-state index contributed by atoms with van der Waals surface area (Å²) in [6.07, 6.45) is 0. The fourth-order valence-electron chi connectivity index (χ4n) is 3.79. The first-order valence-electron chi connectivity index (χ1n) is 10.5. The smallest absolute Gasteiger partial charge is 0.163 e. The Balaban J connectivity index is 1.53. The fourth-order valence-corrected chi connectivity index (χ4v) is 3.79. The molecule has 0 fully saturated rings. The van der Waals surface area contributed by atoms with Gasteiger partial charge in [-0.1, -0.05) is 103 Å². The molecule has 1 aliphatic rings. The Bertz CT molecular complexity index is 1220. The van der Waals surface area contributed by atoms with E-state index in [4.69, 9.17) is 0 Å². The maximum atomic E-state index is 4.67. The van der Waals surface area contributed by atoms with Gasteiger partial charge in [0.15, 0.2) is 5.84 Å². The number of anilines is 1. The Hall–Kier alpha value is -3.98. The van der Waals surface area contributed by atoms with E-state index in [2.05, 4.69) is 119 Å². The lowest BCUT2D eigenvalue weighted by Crippen LogP contribution is -2.39. The van der Waals surface area contributed by atoms with Crippen LogP contribution < -0.4 is 4.90 Å². The van der Waals surface area contributed by atoms with Gasteiger partial charge in [-0.15, -0.1) is 5.10 Å². The molecule has 0 atom stereocenters. The molecule has 0 unspecified atom stereocenters. The number of hydrogen-bond acceptors (Lipinski definition) is 3. The summed E-state index contributed by atoms with van der Waals surface area (Å²) in [5.41, 5.74) is 7.86. The Morgan fingerprint density at radius 2 is 1.10 bits per heavy atom. The van der Waals surface area contributed by atoms with Gasteiger partial charge in [-0.25, -0.2) is 0 Å². The third-order valence-corrected chi connectivity index (χ3v) is 5.53. The molecule has 0 aliphatic carbocycles. The van der Waals surface area contributed by atoms with Gasteiger partial charge in [0.05, 0.1) is 12.3 Å². The molecule has 4 aromatic rings. The molecule has 0 radical (unpaired) electrons. The Morgan fingerprint density at radius 3 is 1.77 bits per heavy atom. The molecule has 4 aromatic carbocycles. The van der Waals surface area contributed by atoms with Gasteiger partial charge in [0.25, 0.3) is 0 Å². The average molecular weight is 402 g/mol. The predicted molar refractivity (Wildman–Crippen MR) is 130 cm³/mol. The lowest BCUT2D eigenvalue weighted by atomic mass is 10.0. The van der Waals surface area contributed by atoms with Crippen molar-refractivity contribution in [2.45, 2.75) is 6.92 Å². The second kappa shape index (κ2) is 8.41. The minimum Gasteiger partial charge on any atom is -0.318 e. The standard InChI is InChI=1S/C28H23N3/c1-21-12-14-24(15-13-21)27-20-31(26-10-6-3-7-11-26)28(30-29-27)25-18-16-23(17-19-25)22-8-4-2-5-9-22/h2-19H,20H2,1H3. The summed E-state index contributed by atoms with van der Waals surface area (Å²) in [7, 11) is 0. The van der Waals surface area contributed by atoms with Crippen LogP contribution in [-0.4, -0.2) is 18.1 Å². The van der Waals surface area contributed by atoms with Crippen molar-refractivity contribution in [1.29, 1.82) is 0 Å². The lowest BCUT2D eigenvalue weighted by Gasteiger charge is -2.29. The quantitative estimate of drug-likeness (QED) is 0.392. The number of amidine groups is 1. The summed E-state index contributed by atoms with van der Waals surface area (Å²) < 4.78 is 0. The van der Waals surface area contributed by atoms with Gasteiger partial charge in [-0.3, -0.25) is 0 Å². The van der Waals surface area contributed by atoms with Crippen molar-refractivity contribution < 1.29 is 0 Å². The van der Waals surface area contributed by atoms with Crippen LogP contribution in [0.4, 0.5) is 5.69 Å². The molecule has 1 heterocycles. The summed E-state index contributed by atoms with van der Waals surface area (Å²) in [6, 6.07) is 37.8. The van der Waals surface area contributed by atoms with Crippen LogP contribution in [0.3, 0.4) is 0 Å². The molecule has 0 bridgehead atoms. The van der Waals surface area contributed by atoms with E-state index in [-0.39, 0.29) is 0 Å². The van der Waals surface area contributed by atoms with Crippen LogP contribution in [0.15, 0.2) is 119 Å². The minimum absolute atomic E-state index is 0.673. The number of hydrogen-bond donors (Lipinski definition) is 0. The SMILES string of the molecule is Cc1ccc(C2=NN=C(c3ccc(-c4ccccc4)cc3)N(c3ccccc3)C2)cc1. The lowest BCUT2D eigenvalue weighted by molar-refractivity contribution is 1.06. The van der Waals surface area contributed by atoms with Crippen molar-refractivity contribution in [3.63, 3.8) is 0 Å². The zero-order chi connectivity index (χ0) is 21.0. The summed E-state index contributed by atoms with van der Waals surface area (Å²) in [5.74, 6) is 0.863. The highest BCUT2D eigenvalue weighted by Gasteiger charge is 2.22. The molecule has 0 saturated carbocycles. The van der Waals surface area contributed by atoms with Crippen LogP contribution in [0.5, 0.6) is 0 Å². The highest BCUT2D eigenvalue weighted by molar-refractivity contribution is 6.17. The number of benzene rings is 4. The maximum Gasteiger partial charge on any atom is 0.163 e. The van der Waals surface area contributed by atoms with Crippen molar-refractivity contribution in [2.24, 2.45) is 10.2 Å². The molecule has 31 heavy (non-hydrogen) atoms. The Morgan fingerprint density at radius 1 is 0.548 bits per heavy atom. The van der Waals surface area contributed by atoms with Gasteiger partial charge in [0.2, 0.25) is 0 Å². The maximum absolute atomic E-state index is 4.67. The zero-order valence-corrected chi connectivity index (χ0v) is 17.4. The summed E-state index contributed by atoms with van der Waals surface area (Å²) in [4.78, 5) is 2.24. The van der Waals surface area contributed by atoms with E-state index < -0.39 is 0 Å². The highest BCUT2D eigenvalue weighted by atomic mass is 15.3. The Kier molecular flexibility index (Phi) is 5.16. The van der Waals surface area contributed by atoms with E-state index in [1.807, 2.05) is 12.1 Å². The van der Waals surface area contributed by atoms with Crippen molar-refractivity contribution in [3.8, 4) is 11.1 Å². The molecule has 0 spiro atoms. The van der Waals surface area contributed by atoms with E-state index in [0.717, 1.165) is 28.4 Å². The molecule has 1 aliphatic heterocycles. The first-order valence-corrected chi connectivity index (χ1v) is 10.5. The van der Waals surface area contributed by atoms with Crippen LogP contribution in [0.1, 0.15) is 16.7 Å².